The third-order valence-corrected chi connectivity index (χ3v) is 24.4. The number of para-hydroxylation sites is 2. The third kappa shape index (κ3) is 9.98. The SMILES string of the molecule is CC(C)(C)c1ccc2c(c1)c1cc(C(C)(C)C)ccc1n2-c1ccc2c(c1)N(c1ccc(-c3ccc4c(c3)C(C)(C)CCC4(C)C)cc1)c1cc(-n3c4ccccc4c4ccccc43)cc3c1B2c1cc(-c2ccccc2)ccc1N3c1ccc(-c2ccc3c(c2)C(C)(C)CCC3(C)C)cc1. The van der Waals surface area contributed by atoms with Crippen molar-refractivity contribution >= 4 is 101 Å². The largest absolute Gasteiger partial charge is 0.311 e. The highest BCUT2D eigenvalue weighted by molar-refractivity contribution is 7.00. The van der Waals surface area contributed by atoms with E-state index in [9.17, 15) is 0 Å². The normalized spacial score (nSPS) is 16.3. The Labute approximate surface area is 598 Å². The van der Waals surface area contributed by atoms with Crippen LogP contribution in [0, 0.1) is 0 Å². The van der Waals surface area contributed by atoms with Crippen LogP contribution in [0.3, 0.4) is 0 Å². The van der Waals surface area contributed by atoms with E-state index in [1.165, 1.54) is 158 Å². The van der Waals surface area contributed by atoms with Crippen LogP contribution < -0.4 is 26.2 Å². The van der Waals surface area contributed by atoms with E-state index in [1.54, 1.807) is 0 Å². The summed E-state index contributed by atoms with van der Waals surface area (Å²) in [5.41, 5.74) is 34.0. The number of hydrogen-bond acceptors (Lipinski definition) is 2. The van der Waals surface area contributed by atoms with Gasteiger partial charge < -0.3 is 18.9 Å². The van der Waals surface area contributed by atoms with Crippen LogP contribution in [0.2, 0.25) is 0 Å². The van der Waals surface area contributed by atoms with Crippen LogP contribution in [0.1, 0.15) is 156 Å². The molecule has 2 aromatic heterocycles. The van der Waals surface area contributed by atoms with Gasteiger partial charge in [0.1, 0.15) is 0 Å². The Morgan fingerprint density at radius 3 is 1.16 bits per heavy atom. The lowest BCUT2D eigenvalue weighted by atomic mass is 9.33. The Balaban J connectivity index is 0.916. The number of anilines is 6. The van der Waals surface area contributed by atoms with Crippen LogP contribution in [0.25, 0.3) is 88.4 Å². The highest BCUT2D eigenvalue weighted by atomic mass is 15.2. The predicted octanol–water partition coefficient (Wildman–Crippen LogP) is 24.3. The van der Waals surface area contributed by atoms with E-state index in [1.807, 2.05) is 0 Å². The monoisotopic (exact) mass is 1310 g/mol. The summed E-state index contributed by atoms with van der Waals surface area (Å²) in [6.07, 6.45) is 4.72. The lowest BCUT2D eigenvalue weighted by molar-refractivity contribution is 0.332. The van der Waals surface area contributed by atoms with Gasteiger partial charge >= 0.3 is 0 Å². The smallest absolute Gasteiger partial charge is 0.252 e. The number of benzene rings is 12. The molecule has 2 aliphatic heterocycles. The minimum Gasteiger partial charge on any atom is -0.311 e. The Hall–Kier alpha value is -10.1. The number of hydrogen-bond donors (Lipinski definition) is 0. The number of fused-ring (bicyclic) bond motifs is 12. The van der Waals surface area contributed by atoms with Crippen molar-refractivity contribution in [3.63, 3.8) is 0 Å². The molecule has 498 valence electrons. The molecule has 0 amide bonds. The fraction of sp³-hybridized carbons (Fsp3) is 0.250. The quantitative estimate of drug-likeness (QED) is 0.148. The Morgan fingerprint density at radius 1 is 0.277 bits per heavy atom. The highest BCUT2D eigenvalue weighted by Crippen LogP contribution is 2.52. The maximum absolute atomic E-state index is 2.64. The molecule has 12 aromatic carbocycles. The van der Waals surface area contributed by atoms with Crippen LogP contribution >= 0.6 is 0 Å². The Bertz CT molecular complexity index is 5610. The predicted molar refractivity (Wildman–Crippen MR) is 433 cm³/mol. The minimum absolute atomic E-state index is 0.0310. The summed E-state index contributed by atoms with van der Waals surface area (Å²) in [5, 5.41) is 5.03. The van der Waals surface area contributed by atoms with Crippen LogP contribution in [0.4, 0.5) is 34.1 Å². The molecule has 4 heterocycles. The fourth-order valence-electron chi connectivity index (χ4n) is 18.2. The average molecular weight is 1310 g/mol. The van der Waals surface area contributed by atoms with Gasteiger partial charge in [-0.05, 0) is 232 Å². The molecule has 2 aliphatic carbocycles. The van der Waals surface area contributed by atoms with E-state index in [0.29, 0.717) is 0 Å². The van der Waals surface area contributed by atoms with Gasteiger partial charge in [0, 0.05) is 61.4 Å². The maximum Gasteiger partial charge on any atom is 0.252 e. The second-order valence-electron chi connectivity index (χ2n) is 34.7. The first-order chi connectivity index (χ1) is 48.3. The molecule has 18 rings (SSSR count). The number of rotatable bonds is 7. The van der Waals surface area contributed by atoms with Crippen molar-refractivity contribution in [3.8, 4) is 44.8 Å². The first-order valence-electron chi connectivity index (χ1n) is 37.0. The first kappa shape index (κ1) is 63.1. The lowest BCUT2D eigenvalue weighted by Gasteiger charge is -2.44. The molecule has 0 bridgehead atoms. The van der Waals surface area contributed by atoms with Crippen molar-refractivity contribution in [2.75, 3.05) is 9.80 Å². The molecule has 5 heteroatoms. The summed E-state index contributed by atoms with van der Waals surface area (Å²) in [7, 11) is 0. The maximum atomic E-state index is 2.64. The van der Waals surface area contributed by atoms with Gasteiger partial charge in [-0.1, -0.05) is 255 Å². The van der Waals surface area contributed by atoms with E-state index in [2.05, 4.69) is 365 Å². The summed E-state index contributed by atoms with van der Waals surface area (Å²) in [6.45, 7) is 33.3. The molecule has 4 nitrogen and oxygen atoms in total. The molecule has 0 unspecified atom stereocenters. The number of aromatic nitrogens is 2. The van der Waals surface area contributed by atoms with E-state index in [4.69, 9.17) is 0 Å². The zero-order valence-electron chi connectivity index (χ0n) is 61.4. The zero-order chi connectivity index (χ0) is 69.6. The van der Waals surface area contributed by atoms with Gasteiger partial charge in [0.25, 0.3) is 6.71 Å². The van der Waals surface area contributed by atoms with E-state index < -0.39 is 0 Å². The van der Waals surface area contributed by atoms with Crippen LogP contribution in [-0.2, 0) is 32.5 Å². The molecule has 101 heavy (non-hydrogen) atoms. The van der Waals surface area contributed by atoms with Gasteiger partial charge in [0.2, 0.25) is 0 Å². The molecule has 4 aliphatic rings. The van der Waals surface area contributed by atoms with E-state index in [0.717, 1.165) is 39.8 Å². The van der Waals surface area contributed by atoms with Crippen molar-refractivity contribution in [1.29, 1.82) is 0 Å². The van der Waals surface area contributed by atoms with E-state index in [-0.39, 0.29) is 39.2 Å². The van der Waals surface area contributed by atoms with Gasteiger partial charge in [0.05, 0.1) is 27.8 Å². The van der Waals surface area contributed by atoms with E-state index >= 15 is 0 Å². The summed E-state index contributed by atoms with van der Waals surface area (Å²) in [6, 6.07) is 97.1. The second kappa shape index (κ2) is 22.2. The fourth-order valence-corrected chi connectivity index (χ4v) is 18.2. The topological polar surface area (TPSA) is 16.3 Å². The lowest BCUT2D eigenvalue weighted by Crippen LogP contribution is -2.61. The molecular weight excluding hydrogens is 1220 g/mol. The van der Waals surface area contributed by atoms with Crippen LogP contribution in [-0.4, -0.2) is 15.8 Å². The number of nitrogens with zero attached hydrogens (tertiary/aromatic N) is 4. The van der Waals surface area contributed by atoms with Crippen molar-refractivity contribution in [3.05, 3.63) is 282 Å². The van der Waals surface area contributed by atoms with Gasteiger partial charge in [-0.2, -0.15) is 0 Å². The minimum atomic E-state index is -0.158. The molecule has 0 saturated heterocycles. The summed E-state index contributed by atoms with van der Waals surface area (Å²) in [5.74, 6) is 0. The van der Waals surface area contributed by atoms with Gasteiger partial charge in [-0.25, -0.2) is 0 Å². The molecule has 0 radical (unpaired) electrons. The second-order valence-corrected chi connectivity index (χ2v) is 34.7. The zero-order valence-corrected chi connectivity index (χ0v) is 61.4. The van der Waals surface area contributed by atoms with Crippen molar-refractivity contribution in [2.45, 2.75) is 155 Å². The van der Waals surface area contributed by atoms with Gasteiger partial charge in [-0.15, -0.1) is 0 Å². The molecule has 0 spiro atoms. The van der Waals surface area contributed by atoms with Crippen molar-refractivity contribution < 1.29 is 0 Å². The molecule has 0 atom stereocenters. The van der Waals surface area contributed by atoms with Crippen molar-refractivity contribution in [1.82, 2.24) is 9.13 Å². The molecular formula is C96H91BN4. The Kier molecular flexibility index (Phi) is 13.9. The standard InChI is InChI=1S/C96H91BN4/c1-91(2,3)66-35-46-84-74(55-66)75-56-67(92(4,5)6)36-47-85(75)100(84)70-41-44-80-87(57-70)99(69-39-30-62(31-40-69)64-33-43-77-79(53-64)96(13,14)51-49-94(77,9)10)89-59-71(101-82-26-20-18-24-72(82)73-25-19-21-27-83(73)101)58-88-90(89)97(80)81-54-65(60-22-16-15-17-23-60)34-45-86(81)98(88)68-37-28-61(29-38-68)63-32-42-76-78(52-63)95(11,12)50-48-93(76,7)8/h15-47,52-59H,48-51H2,1-14H3. The Morgan fingerprint density at radius 2 is 0.663 bits per heavy atom. The van der Waals surface area contributed by atoms with Gasteiger partial charge in [0.15, 0.2) is 0 Å². The van der Waals surface area contributed by atoms with Crippen LogP contribution in [0.5, 0.6) is 0 Å². The average Bonchev–Trinajstić information content (AvgIpc) is 1.29. The molecule has 0 fully saturated rings. The molecule has 0 saturated carbocycles. The highest BCUT2D eigenvalue weighted by Gasteiger charge is 2.45. The third-order valence-electron chi connectivity index (χ3n) is 24.4. The summed E-state index contributed by atoms with van der Waals surface area (Å²) >= 11 is 0. The summed E-state index contributed by atoms with van der Waals surface area (Å²) in [4.78, 5) is 5.25. The van der Waals surface area contributed by atoms with Crippen LogP contribution in [0.15, 0.2) is 249 Å². The van der Waals surface area contributed by atoms with Gasteiger partial charge in [-0.3, -0.25) is 0 Å². The summed E-state index contributed by atoms with van der Waals surface area (Å²) < 4.78 is 5.09. The molecule has 14 aromatic rings. The van der Waals surface area contributed by atoms with Crippen molar-refractivity contribution in [2.24, 2.45) is 0 Å². The first-order valence-corrected chi connectivity index (χ1v) is 37.0. The molecule has 0 N–H and O–H groups in total.